The van der Waals surface area contributed by atoms with Gasteiger partial charge in [0.05, 0.1) is 18.8 Å². The van der Waals surface area contributed by atoms with Crippen molar-refractivity contribution in [3.63, 3.8) is 0 Å². The molecule has 0 radical (unpaired) electrons. The number of unbranched alkanes of at least 4 members (excludes halogenated alkanes) is 11. The van der Waals surface area contributed by atoms with Gasteiger partial charge < -0.3 is 25.7 Å². The number of carbonyl (C=O) groups is 3. The van der Waals surface area contributed by atoms with Crippen LogP contribution in [0.15, 0.2) is 35.6 Å². The minimum absolute atomic E-state index is 0.122. The molecule has 1 aliphatic heterocycles. The van der Waals surface area contributed by atoms with Crippen molar-refractivity contribution in [3.8, 4) is 5.75 Å². The predicted octanol–water partition coefficient (Wildman–Crippen LogP) is 6.00. The first kappa shape index (κ1) is 35.5. The summed E-state index contributed by atoms with van der Waals surface area (Å²) in [5.74, 6) is -0.800. The van der Waals surface area contributed by atoms with Crippen molar-refractivity contribution in [1.29, 1.82) is 0 Å². The van der Waals surface area contributed by atoms with Crippen molar-refractivity contribution in [2.24, 2.45) is 5.92 Å². The van der Waals surface area contributed by atoms with Gasteiger partial charge in [-0.1, -0.05) is 89.7 Å². The molecule has 0 aliphatic carbocycles. The molecule has 42 heavy (non-hydrogen) atoms. The fraction of sp³-hybridized carbons (Fsp3) is 0.676. The largest absolute Gasteiger partial charge is 0.511 e. The van der Waals surface area contributed by atoms with E-state index in [9.17, 15) is 29.7 Å². The van der Waals surface area contributed by atoms with E-state index in [0.29, 0.717) is 37.9 Å². The average Bonchev–Trinajstić information content (AvgIpc) is 3.25. The number of benzene rings is 1. The highest BCUT2D eigenvalue weighted by atomic mass is 16.3. The Morgan fingerprint density at radius 2 is 1.31 bits per heavy atom. The first-order valence-corrected chi connectivity index (χ1v) is 16.1. The van der Waals surface area contributed by atoms with Gasteiger partial charge in [0.15, 0.2) is 5.78 Å². The molecule has 2 unspecified atom stereocenters. The number of aliphatic hydroxyl groups is 3. The van der Waals surface area contributed by atoms with Gasteiger partial charge in [-0.2, -0.15) is 0 Å². The lowest BCUT2D eigenvalue weighted by Crippen LogP contribution is -2.31. The molecular formula is C34H53NO7. The van der Waals surface area contributed by atoms with Crippen LogP contribution in [0, 0.1) is 5.92 Å². The second kappa shape index (κ2) is 20.2. The molecule has 5 N–H and O–H groups in total. The van der Waals surface area contributed by atoms with E-state index in [4.69, 9.17) is 5.11 Å². The number of amides is 1. The fourth-order valence-corrected chi connectivity index (χ4v) is 5.50. The Balaban J connectivity index is 1.49. The number of ketones is 2. The zero-order valence-corrected chi connectivity index (χ0v) is 25.5. The van der Waals surface area contributed by atoms with Gasteiger partial charge in [-0.05, 0) is 43.4 Å². The van der Waals surface area contributed by atoms with Gasteiger partial charge in [0.1, 0.15) is 22.9 Å². The molecule has 2 rings (SSSR count). The maximum Gasteiger partial charge on any atom is 0.259 e. The number of phenols is 1. The molecule has 0 spiro atoms. The Morgan fingerprint density at radius 1 is 0.810 bits per heavy atom. The Morgan fingerprint density at radius 3 is 1.86 bits per heavy atom. The fourth-order valence-electron chi connectivity index (χ4n) is 5.50. The molecule has 8 nitrogen and oxygen atoms in total. The molecule has 3 atom stereocenters. The summed E-state index contributed by atoms with van der Waals surface area (Å²) in [6.45, 7) is 1.69. The highest BCUT2D eigenvalue weighted by molar-refractivity contribution is 6.27. The number of hydrogen-bond donors (Lipinski definition) is 5. The Kier molecular flexibility index (Phi) is 17.1. The summed E-state index contributed by atoms with van der Waals surface area (Å²) in [7, 11) is 0. The summed E-state index contributed by atoms with van der Waals surface area (Å²) >= 11 is 0. The van der Waals surface area contributed by atoms with E-state index in [0.717, 1.165) is 89.0 Å². The van der Waals surface area contributed by atoms with Crippen LogP contribution in [0.4, 0.5) is 0 Å². The summed E-state index contributed by atoms with van der Waals surface area (Å²) in [6, 6.07) is 5.79. The monoisotopic (exact) mass is 587 g/mol. The zero-order chi connectivity index (χ0) is 30.7. The second-order valence-corrected chi connectivity index (χ2v) is 12.0. The van der Waals surface area contributed by atoms with Crippen LogP contribution in [0.2, 0.25) is 0 Å². The topological polar surface area (TPSA) is 144 Å². The van der Waals surface area contributed by atoms with E-state index < -0.39 is 18.1 Å². The van der Waals surface area contributed by atoms with Crippen LogP contribution >= 0.6 is 0 Å². The molecular weight excluding hydrogens is 534 g/mol. The third-order valence-electron chi connectivity index (χ3n) is 8.24. The molecule has 8 heteroatoms. The van der Waals surface area contributed by atoms with E-state index in [-0.39, 0.29) is 35.4 Å². The predicted molar refractivity (Wildman–Crippen MR) is 164 cm³/mol. The highest BCUT2D eigenvalue weighted by Gasteiger charge is 2.39. The molecule has 1 amide bonds. The number of aliphatic hydroxyl groups excluding tert-OH is 3. The van der Waals surface area contributed by atoms with Gasteiger partial charge in [-0.3, -0.25) is 14.4 Å². The van der Waals surface area contributed by atoms with Crippen LogP contribution in [-0.4, -0.2) is 56.7 Å². The van der Waals surface area contributed by atoms with E-state index in [1.165, 1.54) is 12.1 Å². The standard InChI is InChI=1S/C34H53NO7/c1-25(32(40)31-33(41)30(35-34(31)42)23-26-19-21-28(38)22-20-26)15-11-7-5-6-9-13-17-27(37)16-12-8-3-2-4-10-14-18-29(39)24-36/h19-22,25,29-30,36,38-40H,2-18,23-24H2,1H3,(H,35,42)/b32-31+/t25?,29?,30-/m0/s1. The highest BCUT2D eigenvalue weighted by Crippen LogP contribution is 2.25. The van der Waals surface area contributed by atoms with Gasteiger partial charge in [0.25, 0.3) is 5.91 Å². The Labute approximate surface area is 251 Å². The lowest BCUT2D eigenvalue weighted by atomic mass is 9.94. The van der Waals surface area contributed by atoms with Gasteiger partial charge in [-0.15, -0.1) is 0 Å². The smallest absolute Gasteiger partial charge is 0.259 e. The summed E-state index contributed by atoms with van der Waals surface area (Å²) in [4.78, 5) is 37.4. The molecule has 236 valence electrons. The number of aromatic hydroxyl groups is 1. The number of rotatable bonds is 23. The second-order valence-electron chi connectivity index (χ2n) is 12.0. The first-order valence-electron chi connectivity index (χ1n) is 16.1. The normalized spacial score (nSPS) is 17.7. The van der Waals surface area contributed by atoms with Gasteiger partial charge >= 0.3 is 0 Å². The van der Waals surface area contributed by atoms with Crippen molar-refractivity contribution in [2.75, 3.05) is 6.61 Å². The van der Waals surface area contributed by atoms with Crippen LogP contribution in [0.1, 0.15) is 122 Å². The molecule has 0 bridgehead atoms. The number of nitrogens with one attached hydrogen (secondary N) is 1. The molecule has 1 aromatic rings. The molecule has 1 aromatic carbocycles. The average molecular weight is 588 g/mol. The van der Waals surface area contributed by atoms with Crippen molar-refractivity contribution in [2.45, 2.75) is 135 Å². The van der Waals surface area contributed by atoms with Crippen LogP contribution in [-0.2, 0) is 20.8 Å². The SMILES string of the molecule is CC(CCCCCCCCC(=O)CCCCCCCCCC(O)CO)/C(O)=C1\C(=O)N[C@@H](Cc2ccc(O)cc2)C1=O. The van der Waals surface area contributed by atoms with E-state index in [1.54, 1.807) is 12.1 Å². The van der Waals surface area contributed by atoms with Crippen molar-refractivity contribution >= 4 is 17.5 Å². The first-order chi connectivity index (χ1) is 20.2. The number of hydrogen-bond acceptors (Lipinski definition) is 7. The molecule has 1 saturated heterocycles. The quantitative estimate of drug-likeness (QED) is 0.0457. The van der Waals surface area contributed by atoms with Crippen LogP contribution in [0.25, 0.3) is 0 Å². The number of carbonyl (C=O) groups excluding carboxylic acids is 3. The molecule has 0 saturated carbocycles. The van der Waals surface area contributed by atoms with E-state index in [2.05, 4.69) is 5.32 Å². The zero-order valence-electron chi connectivity index (χ0n) is 25.5. The van der Waals surface area contributed by atoms with Gasteiger partial charge in [0.2, 0.25) is 0 Å². The van der Waals surface area contributed by atoms with E-state index in [1.807, 2.05) is 6.92 Å². The molecule has 1 heterocycles. The summed E-state index contributed by atoms with van der Waals surface area (Å²) in [5.41, 5.74) is 0.694. The van der Waals surface area contributed by atoms with Crippen LogP contribution in [0.5, 0.6) is 5.75 Å². The van der Waals surface area contributed by atoms with Crippen molar-refractivity contribution in [3.05, 3.63) is 41.2 Å². The molecule has 1 aliphatic rings. The Bertz CT molecular complexity index is 988. The number of Topliss-reactive ketones (excluding diaryl/α,β-unsaturated/α-hetero) is 2. The summed E-state index contributed by atoms with van der Waals surface area (Å²) in [6.07, 6.45) is 16.0. The van der Waals surface area contributed by atoms with Crippen LogP contribution in [0.3, 0.4) is 0 Å². The number of allylic oxidation sites excluding steroid dienone is 1. The molecule has 0 aromatic heterocycles. The molecule has 1 fully saturated rings. The maximum absolute atomic E-state index is 12.8. The maximum atomic E-state index is 12.8. The third kappa shape index (κ3) is 13.5. The number of phenolic OH excluding ortho intramolecular Hbond substituents is 1. The minimum atomic E-state index is -0.709. The lowest BCUT2D eigenvalue weighted by Gasteiger charge is -2.12. The summed E-state index contributed by atoms with van der Waals surface area (Å²) in [5, 5.41) is 40.9. The van der Waals surface area contributed by atoms with Gasteiger partial charge in [-0.25, -0.2) is 0 Å². The van der Waals surface area contributed by atoms with Crippen LogP contribution < -0.4 is 5.32 Å². The van der Waals surface area contributed by atoms with E-state index >= 15 is 0 Å². The third-order valence-corrected chi connectivity index (χ3v) is 8.24. The van der Waals surface area contributed by atoms with Crippen molar-refractivity contribution in [1.82, 2.24) is 5.32 Å². The lowest BCUT2D eigenvalue weighted by molar-refractivity contribution is -0.119. The summed E-state index contributed by atoms with van der Waals surface area (Å²) < 4.78 is 0. The van der Waals surface area contributed by atoms with Gasteiger partial charge in [0, 0.05) is 25.2 Å². The van der Waals surface area contributed by atoms with Crippen molar-refractivity contribution < 1.29 is 34.8 Å². The minimum Gasteiger partial charge on any atom is -0.511 e. The Hall–Kier alpha value is -2.71.